The monoisotopic (exact) mass is 248 g/mol. The summed E-state index contributed by atoms with van der Waals surface area (Å²) >= 11 is 0. The second kappa shape index (κ2) is 5.31. The second-order valence-corrected chi connectivity index (χ2v) is 5.14. The summed E-state index contributed by atoms with van der Waals surface area (Å²) in [5, 5.41) is -0.928. The maximum atomic E-state index is 12.5. The highest BCUT2D eigenvalue weighted by atomic mass is 32.2. The van der Waals surface area contributed by atoms with Crippen molar-refractivity contribution in [2.75, 3.05) is 0 Å². The van der Waals surface area contributed by atoms with Crippen LogP contribution in [0, 0.1) is 5.82 Å². The molecule has 1 rings (SSSR count). The molecule has 0 amide bonds. The molecular formula is C9H13FN2O3S. The highest BCUT2D eigenvalue weighted by molar-refractivity contribution is 7.86. The number of halogens is 1. The van der Waals surface area contributed by atoms with Gasteiger partial charge < -0.3 is 0 Å². The highest BCUT2D eigenvalue weighted by Gasteiger charge is 2.23. The molecule has 0 saturated heterocycles. The van der Waals surface area contributed by atoms with Crippen molar-refractivity contribution < 1.29 is 17.4 Å². The zero-order valence-corrected chi connectivity index (χ0v) is 9.61. The Morgan fingerprint density at radius 3 is 2.44 bits per heavy atom. The quantitative estimate of drug-likeness (QED) is 0.792. The molecule has 0 aromatic carbocycles. The van der Waals surface area contributed by atoms with Gasteiger partial charge in [0, 0.05) is 6.42 Å². The molecular weight excluding hydrogens is 235 g/mol. The first-order chi connectivity index (χ1) is 7.43. The minimum Gasteiger partial charge on any atom is -0.285 e. The lowest BCUT2D eigenvalue weighted by Gasteiger charge is -2.11. The molecule has 0 aliphatic heterocycles. The van der Waals surface area contributed by atoms with E-state index in [0.717, 1.165) is 12.4 Å². The molecule has 1 atom stereocenters. The summed E-state index contributed by atoms with van der Waals surface area (Å²) in [6.07, 6.45) is 2.86. The van der Waals surface area contributed by atoms with Gasteiger partial charge in [0.2, 0.25) is 0 Å². The smallest absolute Gasteiger partial charge is 0.268 e. The molecule has 1 aromatic heterocycles. The normalized spacial score (nSPS) is 13.7. The minimum absolute atomic E-state index is 0.00699. The molecule has 0 unspecified atom stereocenters. The lowest BCUT2D eigenvalue weighted by atomic mass is 10.2. The standard InChI is InChI=1S/C9H13FN2O3S/c1-2-3-8(16(13,14)15)4-9-11-5-7(10)6-12-9/h5-6,8H,2-4H2,1H3,(H,13,14,15)/t8-/m0/s1. The predicted molar refractivity (Wildman–Crippen MR) is 55.9 cm³/mol. The van der Waals surface area contributed by atoms with E-state index in [9.17, 15) is 12.8 Å². The zero-order chi connectivity index (χ0) is 12.2. The van der Waals surface area contributed by atoms with E-state index in [4.69, 9.17) is 4.55 Å². The van der Waals surface area contributed by atoms with Crippen LogP contribution in [0.15, 0.2) is 12.4 Å². The van der Waals surface area contributed by atoms with E-state index in [2.05, 4.69) is 9.97 Å². The maximum Gasteiger partial charge on any atom is 0.268 e. The van der Waals surface area contributed by atoms with Crippen molar-refractivity contribution in [1.82, 2.24) is 9.97 Å². The fourth-order valence-electron chi connectivity index (χ4n) is 1.33. The van der Waals surface area contributed by atoms with Gasteiger partial charge in [0.15, 0.2) is 5.82 Å². The largest absolute Gasteiger partial charge is 0.285 e. The number of rotatable bonds is 5. The molecule has 0 spiro atoms. The van der Waals surface area contributed by atoms with Gasteiger partial charge in [0.05, 0.1) is 17.6 Å². The Kier molecular flexibility index (Phi) is 4.31. The maximum absolute atomic E-state index is 12.5. The van der Waals surface area contributed by atoms with Gasteiger partial charge in [0.25, 0.3) is 10.1 Å². The fraction of sp³-hybridized carbons (Fsp3) is 0.556. The molecule has 7 heteroatoms. The van der Waals surface area contributed by atoms with Gasteiger partial charge in [-0.1, -0.05) is 13.3 Å². The van der Waals surface area contributed by atoms with Gasteiger partial charge in [-0.25, -0.2) is 14.4 Å². The average Bonchev–Trinajstić information content (AvgIpc) is 2.19. The molecule has 0 bridgehead atoms. The molecule has 0 fully saturated rings. The number of hydrogen-bond acceptors (Lipinski definition) is 4. The molecule has 1 N–H and O–H groups in total. The number of aromatic nitrogens is 2. The topological polar surface area (TPSA) is 80.2 Å². The molecule has 0 aliphatic rings. The van der Waals surface area contributed by atoms with Crippen LogP contribution in [0.4, 0.5) is 4.39 Å². The zero-order valence-electron chi connectivity index (χ0n) is 8.80. The van der Waals surface area contributed by atoms with Crippen LogP contribution in [0.2, 0.25) is 0 Å². The number of hydrogen-bond donors (Lipinski definition) is 1. The lowest BCUT2D eigenvalue weighted by Crippen LogP contribution is -2.24. The summed E-state index contributed by atoms with van der Waals surface area (Å²) in [6.45, 7) is 1.81. The minimum atomic E-state index is -4.11. The van der Waals surface area contributed by atoms with Crippen molar-refractivity contribution in [3.63, 3.8) is 0 Å². The van der Waals surface area contributed by atoms with Gasteiger partial charge >= 0.3 is 0 Å². The summed E-state index contributed by atoms with van der Waals surface area (Å²) in [5.41, 5.74) is 0. The Morgan fingerprint density at radius 2 is 2.00 bits per heavy atom. The first kappa shape index (κ1) is 13.0. The van der Waals surface area contributed by atoms with Crippen LogP contribution in [0.25, 0.3) is 0 Å². The van der Waals surface area contributed by atoms with Crippen LogP contribution in [-0.4, -0.2) is 28.2 Å². The third kappa shape index (κ3) is 3.82. The molecule has 90 valence electrons. The summed E-state index contributed by atoms with van der Waals surface area (Å²) in [7, 11) is -4.11. The Bertz CT molecular complexity index is 433. The van der Waals surface area contributed by atoms with Crippen LogP contribution in [0.5, 0.6) is 0 Å². The molecule has 1 heterocycles. The molecule has 16 heavy (non-hydrogen) atoms. The van der Waals surface area contributed by atoms with E-state index >= 15 is 0 Å². The van der Waals surface area contributed by atoms with Crippen LogP contribution in [-0.2, 0) is 16.5 Å². The van der Waals surface area contributed by atoms with Gasteiger partial charge in [0.1, 0.15) is 5.82 Å². The van der Waals surface area contributed by atoms with Crippen molar-refractivity contribution in [3.05, 3.63) is 24.0 Å². The Labute approximate surface area is 93.5 Å². The first-order valence-electron chi connectivity index (χ1n) is 4.86. The van der Waals surface area contributed by atoms with Crippen LogP contribution in [0.1, 0.15) is 25.6 Å². The second-order valence-electron chi connectivity index (χ2n) is 3.45. The van der Waals surface area contributed by atoms with Gasteiger partial charge in [-0.05, 0) is 6.42 Å². The van der Waals surface area contributed by atoms with Crippen LogP contribution >= 0.6 is 0 Å². The van der Waals surface area contributed by atoms with Gasteiger partial charge in [-0.3, -0.25) is 4.55 Å². The predicted octanol–water partition coefficient (Wildman–Crippen LogP) is 1.21. The third-order valence-electron chi connectivity index (χ3n) is 2.12. The van der Waals surface area contributed by atoms with E-state index in [0.29, 0.717) is 12.8 Å². The molecule has 0 saturated carbocycles. The Balaban J connectivity index is 2.80. The third-order valence-corrected chi connectivity index (χ3v) is 3.36. The average molecular weight is 248 g/mol. The van der Waals surface area contributed by atoms with E-state index in [1.165, 1.54) is 0 Å². The van der Waals surface area contributed by atoms with Crippen molar-refractivity contribution in [2.24, 2.45) is 0 Å². The summed E-state index contributed by atoms with van der Waals surface area (Å²) in [6, 6.07) is 0. The Morgan fingerprint density at radius 1 is 1.44 bits per heavy atom. The fourth-order valence-corrected chi connectivity index (χ4v) is 2.22. The number of nitrogens with zero attached hydrogens (tertiary/aromatic N) is 2. The SMILES string of the molecule is CCC[C@@H](Cc1ncc(F)cn1)S(=O)(=O)O. The first-order valence-corrected chi connectivity index (χ1v) is 6.36. The van der Waals surface area contributed by atoms with Crippen LogP contribution < -0.4 is 0 Å². The summed E-state index contributed by atoms with van der Waals surface area (Å²) in [5.74, 6) is -0.375. The molecule has 0 radical (unpaired) electrons. The van der Waals surface area contributed by atoms with Crippen LogP contribution in [0.3, 0.4) is 0 Å². The molecule has 0 aliphatic carbocycles. The Hall–Kier alpha value is -1.08. The molecule has 1 aromatic rings. The lowest BCUT2D eigenvalue weighted by molar-refractivity contribution is 0.457. The van der Waals surface area contributed by atoms with Crippen molar-refractivity contribution in [1.29, 1.82) is 0 Å². The molecule has 5 nitrogen and oxygen atoms in total. The van der Waals surface area contributed by atoms with Crippen molar-refractivity contribution in [2.45, 2.75) is 31.4 Å². The van der Waals surface area contributed by atoms with Crippen molar-refractivity contribution >= 4 is 10.1 Å². The summed E-state index contributed by atoms with van der Waals surface area (Å²) in [4.78, 5) is 7.30. The van der Waals surface area contributed by atoms with E-state index in [1.54, 1.807) is 0 Å². The van der Waals surface area contributed by atoms with E-state index in [-0.39, 0.29) is 12.2 Å². The van der Waals surface area contributed by atoms with Crippen molar-refractivity contribution in [3.8, 4) is 0 Å². The van der Waals surface area contributed by atoms with E-state index < -0.39 is 21.2 Å². The highest BCUT2D eigenvalue weighted by Crippen LogP contribution is 2.11. The van der Waals surface area contributed by atoms with Gasteiger partial charge in [-0.2, -0.15) is 8.42 Å². The van der Waals surface area contributed by atoms with Gasteiger partial charge in [-0.15, -0.1) is 0 Å². The van der Waals surface area contributed by atoms with E-state index in [1.807, 2.05) is 6.92 Å². The summed E-state index contributed by atoms with van der Waals surface area (Å²) < 4.78 is 43.5.